The lowest BCUT2D eigenvalue weighted by molar-refractivity contribution is 0.293. The highest BCUT2D eigenvalue weighted by Crippen LogP contribution is 2.25. The van der Waals surface area contributed by atoms with Gasteiger partial charge in [-0.1, -0.05) is 23.7 Å². The molecule has 2 heterocycles. The van der Waals surface area contributed by atoms with Gasteiger partial charge in [0.15, 0.2) is 11.6 Å². The van der Waals surface area contributed by atoms with Crippen LogP contribution < -0.4 is 10.1 Å². The van der Waals surface area contributed by atoms with Gasteiger partial charge in [0, 0.05) is 24.2 Å². The number of hydrogen-bond acceptors (Lipinski definition) is 7. The zero-order valence-electron chi connectivity index (χ0n) is 14.5. The Morgan fingerprint density at radius 3 is 2.88 bits per heavy atom. The van der Waals surface area contributed by atoms with Gasteiger partial charge in [-0.2, -0.15) is 9.97 Å². The third-order valence-electron chi connectivity index (χ3n) is 3.77. The number of ether oxygens (including phenoxy) is 1. The van der Waals surface area contributed by atoms with E-state index in [-0.39, 0.29) is 6.08 Å². The summed E-state index contributed by atoms with van der Waals surface area (Å²) >= 11 is 0. The molecule has 0 spiro atoms. The fraction of sp³-hybridized carbons (Fsp3) is 0.389. The second-order valence-electron chi connectivity index (χ2n) is 5.75. The van der Waals surface area contributed by atoms with Crippen molar-refractivity contribution in [2.24, 2.45) is 0 Å². The molecule has 7 heteroatoms. The molecule has 0 aliphatic carbocycles. The third-order valence-corrected chi connectivity index (χ3v) is 3.77. The van der Waals surface area contributed by atoms with Crippen molar-refractivity contribution in [3.8, 4) is 17.4 Å². The van der Waals surface area contributed by atoms with E-state index in [1.807, 2.05) is 31.2 Å². The number of aryl methyl sites for hydroxylation is 2. The Morgan fingerprint density at radius 2 is 2.12 bits per heavy atom. The lowest BCUT2D eigenvalue weighted by Crippen LogP contribution is -2.01. The van der Waals surface area contributed by atoms with E-state index >= 15 is 0 Å². The normalized spacial score (nSPS) is 10.8. The minimum atomic E-state index is 0.268. The molecule has 0 atom stereocenters. The van der Waals surface area contributed by atoms with Gasteiger partial charge in [-0.3, -0.25) is 0 Å². The number of aromatic nitrogens is 3. The van der Waals surface area contributed by atoms with Crippen LogP contribution in [0, 0.1) is 6.92 Å². The smallest absolute Gasteiger partial charge is 0.393 e. The van der Waals surface area contributed by atoms with Crippen molar-refractivity contribution >= 4 is 5.69 Å². The number of unbranched alkanes of at least 4 members (excludes halogenated alkanes) is 2. The van der Waals surface area contributed by atoms with Gasteiger partial charge in [0.1, 0.15) is 0 Å². The summed E-state index contributed by atoms with van der Waals surface area (Å²) in [6, 6.07) is 8.06. The molecule has 0 aliphatic rings. The Bertz CT molecular complexity index is 797. The quantitative estimate of drug-likeness (QED) is 0.591. The first-order chi connectivity index (χ1) is 12.2. The maximum Gasteiger partial charge on any atom is 0.393 e. The molecular formula is C18H22N4O3. The standard InChI is InChI=1S/C18H22N4O3/c1-13-21-17(25-22-13)9-4-3-5-10-19-15-8-6-7-14(11-15)16-12-20-18(23-2)24-16/h6-8,11-12,19H,3-5,9-10H2,1-2H3. The Labute approximate surface area is 146 Å². The zero-order chi connectivity index (χ0) is 17.5. The van der Waals surface area contributed by atoms with Gasteiger partial charge in [0.05, 0.1) is 13.3 Å². The number of hydrogen-bond donors (Lipinski definition) is 1. The van der Waals surface area contributed by atoms with Crippen molar-refractivity contribution in [2.75, 3.05) is 19.0 Å². The summed E-state index contributed by atoms with van der Waals surface area (Å²) in [5, 5.41) is 7.23. The second kappa shape index (κ2) is 8.32. The summed E-state index contributed by atoms with van der Waals surface area (Å²) in [5.41, 5.74) is 2.02. The van der Waals surface area contributed by atoms with Gasteiger partial charge in [-0.25, -0.2) is 0 Å². The van der Waals surface area contributed by atoms with E-state index in [1.54, 1.807) is 6.20 Å². The predicted molar refractivity (Wildman–Crippen MR) is 93.6 cm³/mol. The number of benzene rings is 1. The van der Waals surface area contributed by atoms with Crippen LogP contribution in [0.3, 0.4) is 0 Å². The van der Waals surface area contributed by atoms with Gasteiger partial charge in [0.2, 0.25) is 5.89 Å². The molecule has 2 aromatic heterocycles. The molecular weight excluding hydrogens is 320 g/mol. The number of nitrogens with zero attached hydrogens (tertiary/aromatic N) is 3. The van der Waals surface area contributed by atoms with E-state index in [9.17, 15) is 0 Å². The Balaban J connectivity index is 1.41. The summed E-state index contributed by atoms with van der Waals surface area (Å²) in [7, 11) is 1.53. The van der Waals surface area contributed by atoms with Crippen molar-refractivity contribution in [3.63, 3.8) is 0 Å². The van der Waals surface area contributed by atoms with E-state index in [2.05, 4.69) is 20.4 Å². The van der Waals surface area contributed by atoms with E-state index in [0.717, 1.165) is 49.4 Å². The topological polar surface area (TPSA) is 86.2 Å². The molecule has 1 aromatic carbocycles. The van der Waals surface area contributed by atoms with Crippen molar-refractivity contribution in [3.05, 3.63) is 42.2 Å². The largest absolute Gasteiger partial charge is 0.454 e. The molecule has 0 radical (unpaired) electrons. The highest BCUT2D eigenvalue weighted by Gasteiger charge is 2.07. The van der Waals surface area contributed by atoms with E-state index in [0.29, 0.717) is 11.6 Å². The molecule has 3 aromatic rings. The van der Waals surface area contributed by atoms with Crippen LogP contribution in [-0.4, -0.2) is 28.8 Å². The van der Waals surface area contributed by atoms with E-state index in [1.165, 1.54) is 7.11 Å². The molecule has 1 N–H and O–H groups in total. The van der Waals surface area contributed by atoms with E-state index in [4.69, 9.17) is 13.7 Å². The number of anilines is 1. The van der Waals surface area contributed by atoms with Crippen LogP contribution in [0.15, 0.2) is 39.4 Å². The van der Waals surface area contributed by atoms with Crippen LogP contribution >= 0.6 is 0 Å². The van der Waals surface area contributed by atoms with Crippen LogP contribution in [-0.2, 0) is 6.42 Å². The molecule has 0 unspecified atom stereocenters. The molecule has 25 heavy (non-hydrogen) atoms. The van der Waals surface area contributed by atoms with Gasteiger partial charge in [-0.15, -0.1) is 0 Å². The summed E-state index contributed by atoms with van der Waals surface area (Å²) < 4.78 is 15.6. The third kappa shape index (κ3) is 4.82. The van der Waals surface area contributed by atoms with Crippen LogP contribution in [0.25, 0.3) is 11.3 Å². The fourth-order valence-corrected chi connectivity index (χ4v) is 2.52. The van der Waals surface area contributed by atoms with Gasteiger partial charge < -0.3 is 19.0 Å². The summed E-state index contributed by atoms with van der Waals surface area (Å²) in [6.07, 6.45) is 5.99. The Hall–Kier alpha value is -2.83. The monoisotopic (exact) mass is 342 g/mol. The minimum Gasteiger partial charge on any atom is -0.454 e. The Morgan fingerprint density at radius 1 is 1.20 bits per heavy atom. The Kier molecular flexibility index (Phi) is 5.66. The molecule has 0 amide bonds. The van der Waals surface area contributed by atoms with Crippen LogP contribution in [0.4, 0.5) is 5.69 Å². The maximum atomic E-state index is 5.49. The first-order valence-corrected chi connectivity index (χ1v) is 8.38. The predicted octanol–water partition coefficient (Wildman–Crippen LogP) is 3.87. The summed E-state index contributed by atoms with van der Waals surface area (Å²) in [6.45, 7) is 2.74. The first-order valence-electron chi connectivity index (χ1n) is 8.38. The van der Waals surface area contributed by atoms with E-state index < -0.39 is 0 Å². The number of nitrogens with one attached hydrogen (secondary N) is 1. The fourth-order valence-electron chi connectivity index (χ4n) is 2.52. The lowest BCUT2D eigenvalue weighted by atomic mass is 10.1. The molecule has 0 saturated carbocycles. The first kappa shape index (κ1) is 17.0. The molecule has 0 saturated heterocycles. The number of oxazole rings is 1. The second-order valence-corrected chi connectivity index (χ2v) is 5.75. The maximum absolute atomic E-state index is 5.49. The highest BCUT2D eigenvalue weighted by molar-refractivity contribution is 5.63. The van der Waals surface area contributed by atoms with Gasteiger partial charge in [-0.05, 0) is 31.9 Å². The summed E-state index contributed by atoms with van der Waals surface area (Å²) in [4.78, 5) is 8.24. The summed E-state index contributed by atoms with van der Waals surface area (Å²) in [5.74, 6) is 2.11. The number of methoxy groups -OCH3 is 1. The van der Waals surface area contributed by atoms with Gasteiger partial charge >= 0.3 is 6.08 Å². The molecule has 7 nitrogen and oxygen atoms in total. The highest BCUT2D eigenvalue weighted by atomic mass is 16.6. The number of rotatable bonds is 9. The van der Waals surface area contributed by atoms with Crippen molar-refractivity contribution in [1.82, 2.24) is 15.1 Å². The van der Waals surface area contributed by atoms with Crippen molar-refractivity contribution in [2.45, 2.75) is 32.6 Å². The lowest BCUT2D eigenvalue weighted by Gasteiger charge is -2.07. The molecule has 0 aliphatic heterocycles. The minimum absolute atomic E-state index is 0.268. The average Bonchev–Trinajstić information content (AvgIpc) is 3.27. The van der Waals surface area contributed by atoms with Crippen molar-refractivity contribution < 1.29 is 13.7 Å². The molecule has 0 fully saturated rings. The zero-order valence-corrected chi connectivity index (χ0v) is 14.5. The van der Waals surface area contributed by atoms with Crippen LogP contribution in [0.5, 0.6) is 6.08 Å². The van der Waals surface area contributed by atoms with Gasteiger partial charge in [0.25, 0.3) is 0 Å². The molecule has 132 valence electrons. The van der Waals surface area contributed by atoms with Crippen LogP contribution in [0.1, 0.15) is 31.0 Å². The average molecular weight is 342 g/mol. The van der Waals surface area contributed by atoms with Crippen molar-refractivity contribution in [1.29, 1.82) is 0 Å². The molecule has 3 rings (SSSR count). The SMILES string of the molecule is COc1ncc(-c2cccc(NCCCCCc3nc(C)no3)c2)o1. The van der Waals surface area contributed by atoms with Crippen LogP contribution in [0.2, 0.25) is 0 Å². The molecule has 0 bridgehead atoms.